The van der Waals surface area contributed by atoms with Crippen molar-refractivity contribution >= 4 is 27.6 Å². The smallest absolute Gasteiger partial charge is 0.337 e. The molecule has 132 valence electrons. The first kappa shape index (κ1) is 18.6. The maximum absolute atomic E-state index is 12.2. The van der Waals surface area contributed by atoms with Crippen LogP contribution in [0.25, 0.3) is 0 Å². The lowest BCUT2D eigenvalue weighted by Crippen LogP contribution is -2.33. The van der Waals surface area contributed by atoms with Crippen LogP contribution in [0.1, 0.15) is 15.9 Å². The summed E-state index contributed by atoms with van der Waals surface area (Å²) in [6.07, 6.45) is 0. The highest BCUT2D eigenvalue weighted by Crippen LogP contribution is 2.14. The molecule has 0 saturated heterocycles. The number of hydrogen-bond acceptors (Lipinski definition) is 5. The second kappa shape index (κ2) is 7.91. The Hall–Kier alpha value is -2.71. The Morgan fingerprint density at radius 3 is 2.48 bits per heavy atom. The van der Waals surface area contributed by atoms with Crippen LogP contribution in [-0.4, -0.2) is 33.9 Å². The summed E-state index contributed by atoms with van der Waals surface area (Å²) in [6.45, 7) is 1.24. The van der Waals surface area contributed by atoms with Crippen molar-refractivity contribution in [3.8, 4) is 0 Å². The molecule has 0 aliphatic heterocycles. The van der Waals surface area contributed by atoms with E-state index in [0.717, 1.165) is 0 Å². The topological polar surface area (TPSA) is 102 Å². The molecular weight excluding hydrogens is 344 g/mol. The number of esters is 1. The zero-order valence-corrected chi connectivity index (χ0v) is 14.6. The molecule has 0 radical (unpaired) electrons. The van der Waals surface area contributed by atoms with Crippen LogP contribution in [0.15, 0.2) is 53.4 Å². The molecule has 0 unspecified atom stereocenters. The molecule has 2 aromatic rings. The van der Waals surface area contributed by atoms with Gasteiger partial charge in [0.15, 0.2) is 0 Å². The number of ether oxygens (including phenoxy) is 1. The molecule has 2 aromatic carbocycles. The second-order valence-electron chi connectivity index (χ2n) is 5.21. The van der Waals surface area contributed by atoms with Gasteiger partial charge in [0.1, 0.15) is 0 Å². The SMILES string of the molecule is COC(=O)c1cccc(NC(=O)CNS(=O)(=O)c2ccccc2C)c1. The van der Waals surface area contributed by atoms with Crippen molar-refractivity contribution in [2.24, 2.45) is 0 Å². The molecule has 8 heteroatoms. The van der Waals surface area contributed by atoms with Crippen LogP contribution >= 0.6 is 0 Å². The lowest BCUT2D eigenvalue weighted by molar-refractivity contribution is -0.115. The maximum Gasteiger partial charge on any atom is 0.337 e. The van der Waals surface area contributed by atoms with Gasteiger partial charge in [0.05, 0.1) is 24.1 Å². The van der Waals surface area contributed by atoms with Gasteiger partial charge in [0, 0.05) is 5.69 Å². The largest absolute Gasteiger partial charge is 0.465 e. The molecule has 0 heterocycles. The number of methoxy groups -OCH3 is 1. The number of anilines is 1. The van der Waals surface area contributed by atoms with Crippen LogP contribution < -0.4 is 10.0 Å². The highest BCUT2D eigenvalue weighted by molar-refractivity contribution is 7.89. The summed E-state index contributed by atoms with van der Waals surface area (Å²) in [5.74, 6) is -1.09. The normalized spacial score (nSPS) is 11.0. The first-order chi connectivity index (χ1) is 11.8. The van der Waals surface area contributed by atoms with Crippen molar-refractivity contribution in [1.29, 1.82) is 0 Å². The van der Waals surface area contributed by atoms with E-state index in [-0.39, 0.29) is 10.5 Å². The Balaban J connectivity index is 2.02. The summed E-state index contributed by atoms with van der Waals surface area (Å²) in [4.78, 5) is 23.6. The monoisotopic (exact) mass is 362 g/mol. The number of nitrogens with one attached hydrogen (secondary N) is 2. The van der Waals surface area contributed by atoms with Crippen molar-refractivity contribution in [1.82, 2.24) is 4.72 Å². The van der Waals surface area contributed by atoms with Gasteiger partial charge in [0.2, 0.25) is 15.9 Å². The fourth-order valence-corrected chi connectivity index (χ4v) is 3.37. The van der Waals surface area contributed by atoms with Crippen molar-refractivity contribution < 1.29 is 22.7 Å². The summed E-state index contributed by atoms with van der Waals surface area (Å²) in [5.41, 5.74) is 1.23. The molecule has 0 spiro atoms. The van der Waals surface area contributed by atoms with Crippen LogP contribution in [0, 0.1) is 6.92 Å². The van der Waals surface area contributed by atoms with E-state index < -0.39 is 28.4 Å². The summed E-state index contributed by atoms with van der Waals surface area (Å²) in [6, 6.07) is 12.6. The number of sulfonamides is 1. The predicted octanol–water partition coefficient (Wildman–Crippen LogP) is 1.70. The van der Waals surface area contributed by atoms with Gasteiger partial charge in [-0.2, -0.15) is 0 Å². The van der Waals surface area contributed by atoms with Gasteiger partial charge < -0.3 is 10.1 Å². The summed E-state index contributed by atoms with van der Waals surface area (Å²) < 4.78 is 31.3. The lowest BCUT2D eigenvalue weighted by Gasteiger charge is -2.10. The first-order valence-electron chi connectivity index (χ1n) is 7.37. The van der Waals surface area contributed by atoms with Crippen molar-refractivity contribution in [2.75, 3.05) is 19.0 Å². The standard InChI is InChI=1S/C17H18N2O5S/c1-12-6-3-4-9-15(12)25(22,23)18-11-16(20)19-14-8-5-7-13(10-14)17(21)24-2/h3-10,18H,11H2,1-2H3,(H,19,20). The summed E-state index contributed by atoms with van der Waals surface area (Å²) >= 11 is 0. The van der Waals surface area contributed by atoms with E-state index in [1.165, 1.54) is 19.2 Å². The highest BCUT2D eigenvalue weighted by Gasteiger charge is 2.17. The van der Waals surface area contributed by atoms with Crippen LogP contribution in [-0.2, 0) is 19.6 Å². The molecule has 7 nitrogen and oxygen atoms in total. The molecule has 0 saturated carbocycles. The number of amides is 1. The molecule has 2 N–H and O–H groups in total. The third-order valence-electron chi connectivity index (χ3n) is 3.37. The van der Waals surface area contributed by atoms with Crippen molar-refractivity contribution in [2.45, 2.75) is 11.8 Å². The van der Waals surface area contributed by atoms with Gasteiger partial charge >= 0.3 is 5.97 Å². The van der Waals surface area contributed by atoms with E-state index in [2.05, 4.69) is 14.8 Å². The fourth-order valence-electron chi connectivity index (χ4n) is 2.14. The predicted molar refractivity (Wildman–Crippen MR) is 92.8 cm³/mol. The number of aryl methyl sites for hydroxylation is 1. The minimum atomic E-state index is -3.79. The molecule has 25 heavy (non-hydrogen) atoms. The quantitative estimate of drug-likeness (QED) is 0.762. The number of hydrogen-bond donors (Lipinski definition) is 2. The summed E-state index contributed by atoms with van der Waals surface area (Å²) in [5, 5.41) is 2.53. The Morgan fingerprint density at radius 2 is 1.80 bits per heavy atom. The molecule has 0 bridgehead atoms. The molecule has 0 atom stereocenters. The van der Waals surface area contributed by atoms with Gasteiger partial charge in [-0.1, -0.05) is 24.3 Å². The molecule has 0 aliphatic carbocycles. The first-order valence-corrected chi connectivity index (χ1v) is 8.85. The van der Waals surface area contributed by atoms with E-state index in [0.29, 0.717) is 11.3 Å². The van der Waals surface area contributed by atoms with Gasteiger partial charge in [0.25, 0.3) is 0 Å². The minimum absolute atomic E-state index is 0.121. The van der Waals surface area contributed by atoms with Crippen LogP contribution in [0.3, 0.4) is 0 Å². The third-order valence-corrected chi connectivity index (χ3v) is 4.93. The average molecular weight is 362 g/mol. The fraction of sp³-hybridized carbons (Fsp3) is 0.176. The van der Waals surface area contributed by atoms with E-state index in [4.69, 9.17) is 0 Å². The van der Waals surface area contributed by atoms with Gasteiger partial charge in [-0.15, -0.1) is 0 Å². The van der Waals surface area contributed by atoms with E-state index in [1.54, 1.807) is 43.3 Å². The maximum atomic E-state index is 12.2. The second-order valence-corrected chi connectivity index (χ2v) is 6.95. The van der Waals surface area contributed by atoms with Gasteiger partial charge in [-0.3, -0.25) is 4.79 Å². The molecule has 0 fully saturated rings. The highest BCUT2D eigenvalue weighted by atomic mass is 32.2. The number of rotatable bonds is 6. The Morgan fingerprint density at radius 1 is 1.08 bits per heavy atom. The van der Waals surface area contributed by atoms with E-state index in [9.17, 15) is 18.0 Å². The number of carbonyl (C=O) groups is 2. The van der Waals surface area contributed by atoms with Gasteiger partial charge in [-0.25, -0.2) is 17.9 Å². The van der Waals surface area contributed by atoms with Crippen LogP contribution in [0.4, 0.5) is 5.69 Å². The summed E-state index contributed by atoms with van der Waals surface area (Å²) in [7, 11) is -2.53. The lowest BCUT2D eigenvalue weighted by atomic mass is 10.2. The Kier molecular flexibility index (Phi) is 5.89. The van der Waals surface area contributed by atoms with Crippen molar-refractivity contribution in [3.63, 3.8) is 0 Å². The van der Waals surface area contributed by atoms with Crippen LogP contribution in [0.5, 0.6) is 0 Å². The molecular formula is C17H18N2O5S. The van der Waals surface area contributed by atoms with E-state index in [1.807, 2.05) is 0 Å². The zero-order valence-electron chi connectivity index (χ0n) is 13.8. The number of carbonyl (C=O) groups excluding carboxylic acids is 2. The van der Waals surface area contributed by atoms with Gasteiger partial charge in [-0.05, 0) is 36.8 Å². The molecule has 2 rings (SSSR count). The molecule has 0 aliphatic rings. The van der Waals surface area contributed by atoms with Crippen LogP contribution in [0.2, 0.25) is 0 Å². The average Bonchev–Trinajstić information content (AvgIpc) is 2.60. The molecule has 0 aromatic heterocycles. The molecule has 1 amide bonds. The number of benzene rings is 2. The Bertz CT molecular complexity index is 893. The van der Waals surface area contributed by atoms with E-state index >= 15 is 0 Å². The Labute approximate surface area is 146 Å². The van der Waals surface area contributed by atoms with Crippen molar-refractivity contribution in [3.05, 3.63) is 59.7 Å². The third kappa shape index (κ3) is 4.88. The zero-order chi connectivity index (χ0) is 18.4. The minimum Gasteiger partial charge on any atom is -0.465 e.